The summed E-state index contributed by atoms with van der Waals surface area (Å²) in [6.07, 6.45) is 4.08. The maximum Gasteiger partial charge on any atom is 0.255 e. The Kier molecular flexibility index (Phi) is 3.85. The molecule has 5 nitrogen and oxygen atoms in total. The number of phenolic OH excluding ortho intramolecular Hbond substituents is 1. The van der Waals surface area contributed by atoms with Gasteiger partial charge in [-0.3, -0.25) is 4.79 Å². The Balaban J connectivity index is 2.18. The number of aromatic amines is 1. The van der Waals surface area contributed by atoms with Gasteiger partial charge in [0.2, 0.25) is 0 Å². The molecule has 1 heterocycles. The summed E-state index contributed by atoms with van der Waals surface area (Å²) in [7, 11) is 0. The summed E-state index contributed by atoms with van der Waals surface area (Å²) in [6, 6.07) is 4.92. The zero-order chi connectivity index (χ0) is 13.8. The van der Waals surface area contributed by atoms with Crippen molar-refractivity contribution >= 4 is 5.91 Å². The normalized spacial score (nSPS) is 12.1. The van der Waals surface area contributed by atoms with Gasteiger partial charge in [0.1, 0.15) is 11.6 Å². The van der Waals surface area contributed by atoms with Crippen LogP contribution in [0.1, 0.15) is 41.1 Å². The number of para-hydroxylation sites is 1. The average molecular weight is 259 g/mol. The lowest BCUT2D eigenvalue weighted by Crippen LogP contribution is -2.29. The number of H-pyrrole nitrogens is 1. The van der Waals surface area contributed by atoms with E-state index >= 15 is 0 Å². The van der Waals surface area contributed by atoms with Crippen molar-refractivity contribution in [3.05, 3.63) is 47.5 Å². The molecule has 0 aliphatic carbocycles. The number of aromatic nitrogens is 2. The van der Waals surface area contributed by atoms with Crippen LogP contribution in [0.25, 0.3) is 0 Å². The highest BCUT2D eigenvalue weighted by atomic mass is 16.3. The first-order valence-corrected chi connectivity index (χ1v) is 6.22. The molecule has 1 aromatic carbocycles. The molecule has 0 saturated heterocycles. The third kappa shape index (κ3) is 2.76. The summed E-state index contributed by atoms with van der Waals surface area (Å²) in [5.74, 6) is 0.432. The van der Waals surface area contributed by atoms with Gasteiger partial charge in [-0.05, 0) is 25.0 Å². The van der Waals surface area contributed by atoms with Crippen molar-refractivity contribution < 1.29 is 9.90 Å². The van der Waals surface area contributed by atoms with Crippen LogP contribution in [-0.2, 0) is 0 Å². The van der Waals surface area contributed by atoms with Gasteiger partial charge in [0.15, 0.2) is 0 Å². The fourth-order valence-electron chi connectivity index (χ4n) is 1.91. The minimum Gasteiger partial charge on any atom is -0.507 e. The van der Waals surface area contributed by atoms with Crippen molar-refractivity contribution in [1.82, 2.24) is 15.3 Å². The van der Waals surface area contributed by atoms with Crippen molar-refractivity contribution in [1.29, 1.82) is 0 Å². The van der Waals surface area contributed by atoms with Crippen LogP contribution in [0.15, 0.2) is 30.6 Å². The van der Waals surface area contributed by atoms with Crippen LogP contribution < -0.4 is 5.32 Å². The third-order valence-electron chi connectivity index (χ3n) is 3.05. The van der Waals surface area contributed by atoms with Crippen molar-refractivity contribution in [2.24, 2.45) is 0 Å². The lowest BCUT2D eigenvalue weighted by atomic mass is 10.1. The number of imidazole rings is 1. The van der Waals surface area contributed by atoms with E-state index in [2.05, 4.69) is 15.3 Å². The molecule has 19 heavy (non-hydrogen) atoms. The molecular formula is C14H17N3O2. The summed E-state index contributed by atoms with van der Waals surface area (Å²) in [5, 5.41) is 12.8. The predicted octanol–water partition coefficient (Wildman–Crippen LogP) is 2.30. The molecular weight excluding hydrogens is 242 g/mol. The van der Waals surface area contributed by atoms with Gasteiger partial charge < -0.3 is 15.4 Å². The number of hydrogen-bond acceptors (Lipinski definition) is 3. The fourth-order valence-corrected chi connectivity index (χ4v) is 1.91. The number of amides is 1. The molecule has 0 spiro atoms. The molecule has 3 N–H and O–H groups in total. The monoisotopic (exact) mass is 259 g/mol. The van der Waals surface area contributed by atoms with E-state index in [1.807, 2.05) is 6.92 Å². The minimum absolute atomic E-state index is 0.0225. The van der Waals surface area contributed by atoms with Crippen LogP contribution in [0.2, 0.25) is 0 Å². The Morgan fingerprint density at radius 2 is 2.32 bits per heavy atom. The molecule has 100 valence electrons. The fraction of sp³-hybridized carbons (Fsp3) is 0.286. The summed E-state index contributed by atoms with van der Waals surface area (Å²) >= 11 is 0. The maximum absolute atomic E-state index is 12.2. The molecule has 0 fully saturated rings. The highest BCUT2D eigenvalue weighted by Crippen LogP contribution is 2.22. The second-order valence-corrected chi connectivity index (χ2v) is 4.38. The van der Waals surface area contributed by atoms with Crippen LogP contribution in [-0.4, -0.2) is 21.0 Å². The number of benzene rings is 1. The second-order valence-electron chi connectivity index (χ2n) is 4.38. The Bertz CT molecular complexity index is 564. The number of nitrogens with zero attached hydrogens (tertiary/aromatic N) is 1. The van der Waals surface area contributed by atoms with Crippen LogP contribution in [0.4, 0.5) is 0 Å². The number of carbonyl (C=O) groups is 1. The van der Waals surface area contributed by atoms with E-state index in [9.17, 15) is 9.90 Å². The molecule has 0 saturated carbocycles. The van der Waals surface area contributed by atoms with Crippen LogP contribution in [0.5, 0.6) is 5.75 Å². The summed E-state index contributed by atoms with van der Waals surface area (Å²) < 4.78 is 0. The summed E-state index contributed by atoms with van der Waals surface area (Å²) in [4.78, 5) is 19.3. The van der Waals surface area contributed by atoms with E-state index in [4.69, 9.17) is 0 Å². The van der Waals surface area contributed by atoms with E-state index in [-0.39, 0.29) is 23.3 Å². The van der Waals surface area contributed by atoms with Gasteiger partial charge in [0, 0.05) is 12.4 Å². The van der Waals surface area contributed by atoms with Gasteiger partial charge in [-0.25, -0.2) is 4.98 Å². The maximum atomic E-state index is 12.2. The molecule has 0 aliphatic rings. The molecule has 5 heteroatoms. The van der Waals surface area contributed by atoms with Gasteiger partial charge in [-0.1, -0.05) is 19.1 Å². The highest BCUT2D eigenvalue weighted by Gasteiger charge is 2.18. The molecule has 1 aromatic heterocycles. The quantitative estimate of drug-likeness (QED) is 0.788. The van der Waals surface area contributed by atoms with E-state index in [1.54, 1.807) is 37.5 Å². The van der Waals surface area contributed by atoms with E-state index < -0.39 is 0 Å². The molecule has 0 radical (unpaired) electrons. The number of rotatable bonds is 4. The van der Waals surface area contributed by atoms with Gasteiger partial charge in [0.05, 0.1) is 11.6 Å². The number of phenols is 1. The van der Waals surface area contributed by atoms with Gasteiger partial charge in [-0.15, -0.1) is 0 Å². The molecule has 1 amide bonds. The van der Waals surface area contributed by atoms with Crippen LogP contribution in [0, 0.1) is 6.92 Å². The van der Waals surface area contributed by atoms with Gasteiger partial charge in [-0.2, -0.15) is 0 Å². The van der Waals surface area contributed by atoms with Crippen molar-refractivity contribution in [2.75, 3.05) is 0 Å². The molecule has 2 aromatic rings. The first-order chi connectivity index (χ1) is 9.13. The second kappa shape index (κ2) is 5.56. The Hall–Kier alpha value is -2.30. The first kappa shape index (κ1) is 13.1. The van der Waals surface area contributed by atoms with Crippen molar-refractivity contribution in [2.45, 2.75) is 26.3 Å². The van der Waals surface area contributed by atoms with E-state index in [0.717, 1.165) is 0 Å². The summed E-state index contributed by atoms with van der Waals surface area (Å²) in [6.45, 7) is 3.72. The van der Waals surface area contributed by atoms with Gasteiger partial charge in [0.25, 0.3) is 5.91 Å². The molecule has 2 rings (SSSR count). The van der Waals surface area contributed by atoms with Crippen LogP contribution >= 0.6 is 0 Å². The number of hydrogen-bond donors (Lipinski definition) is 3. The standard InChI is InChI=1S/C14H17N3O2/c1-3-11(13-15-7-8-16-13)17-14(19)10-6-4-5-9(2)12(10)18/h4-8,11,18H,3H2,1-2H3,(H,15,16)(H,17,19). The summed E-state index contributed by atoms with van der Waals surface area (Å²) in [5.41, 5.74) is 0.962. The van der Waals surface area contributed by atoms with Crippen LogP contribution in [0.3, 0.4) is 0 Å². The Morgan fingerprint density at radius 3 is 2.95 bits per heavy atom. The number of carbonyl (C=O) groups excluding carboxylic acids is 1. The molecule has 0 bridgehead atoms. The molecule has 1 atom stereocenters. The zero-order valence-corrected chi connectivity index (χ0v) is 11.0. The number of aromatic hydroxyl groups is 1. The predicted molar refractivity (Wildman–Crippen MR) is 71.9 cm³/mol. The van der Waals surface area contributed by atoms with Crippen molar-refractivity contribution in [3.8, 4) is 5.75 Å². The van der Waals surface area contributed by atoms with Gasteiger partial charge >= 0.3 is 0 Å². The molecule has 0 aliphatic heterocycles. The largest absolute Gasteiger partial charge is 0.507 e. The number of nitrogens with one attached hydrogen (secondary N) is 2. The average Bonchev–Trinajstić information content (AvgIpc) is 2.92. The Labute approximate surface area is 111 Å². The first-order valence-electron chi connectivity index (χ1n) is 6.22. The number of aryl methyl sites for hydroxylation is 1. The Morgan fingerprint density at radius 1 is 1.53 bits per heavy atom. The lowest BCUT2D eigenvalue weighted by molar-refractivity contribution is 0.0931. The SMILES string of the molecule is CCC(NC(=O)c1cccc(C)c1O)c1ncc[nH]1. The molecule has 1 unspecified atom stereocenters. The smallest absolute Gasteiger partial charge is 0.255 e. The topological polar surface area (TPSA) is 78.0 Å². The lowest BCUT2D eigenvalue weighted by Gasteiger charge is -2.15. The highest BCUT2D eigenvalue weighted by molar-refractivity contribution is 5.97. The third-order valence-corrected chi connectivity index (χ3v) is 3.05. The minimum atomic E-state index is -0.301. The van der Waals surface area contributed by atoms with Crippen molar-refractivity contribution in [3.63, 3.8) is 0 Å². The van der Waals surface area contributed by atoms with E-state index in [0.29, 0.717) is 17.8 Å². The zero-order valence-electron chi connectivity index (χ0n) is 11.0. The van der Waals surface area contributed by atoms with E-state index in [1.165, 1.54) is 0 Å².